The Bertz CT molecular complexity index is 747. The highest BCUT2D eigenvalue weighted by atomic mass is 32.1. The Kier molecular flexibility index (Phi) is 5.74. The lowest BCUT2D eigenvalue weighted by Crippen LogP contribution is -2.33. The highest BCUT2D eigenvalue weighted by Gasteiger charge is 2.17. The summed E-state index contributed by atoms with van der Waals surface area (Å²) in [6, 6.07) is 13.1. The quantitative estimate of drug-likeness (QED) is 0.612. The maximum Gasteiger partial charge on any atom is 0.261 e. The van der Waals surface area contributed by atoms with Crippen LogP contribution in [0, 0.1) is 0 Å². The molecule has 0 aliphatic carbocycles. The zero-order chi connectivity index (χ0) is 17.5. The molecule has 0 saturated carbocycles. The van der Waals surface area contributed by atoms with Crippen molar-refractivity contribution in [3.8, 4) is 11.5 Å². The van der Waals surface area contributed by atoms with Gasteiger partial charge < -0.3 is 18.8 Å². The lowest BCUT2D eigenvalue weighted by molar-refractivity contribution is -0.134. The Hall–Kier alpha value is -2.73. The lowest BCUT2D eigenvalue weighted by atomic mass is 10.3. The molecule has 0 fully saturated rings. The first-order valence-corrected chi connectivity index (χ1v) is 8.71. The topological polar surface area (TPSA) is 51.9 Å². The van der Waals surface area contributed by atoms with Crippen LogP contribution in [0.3, 0.4) is 0 Å². The number of nitrogens with zero attached hydrogens (tertiary/aromatic N) is 1. The molecule has 0 unspecified atom stereocenters. The number of benzene rings is 1. The SMILES string of the molecule is COc1ccccc1OCC(=O)N(Cc1ccoc1)Cc1cccs1. The Labute approximate surface area is 150 Å². The summed E-state index contributed by atoms with van der Waals surface area (Å²) in [5.74, 6) is 1.06. The number of carbonyl (C=O) groups is 1. The molecule has 0 atom stereocenters. The van der Waals surface area contributed by atoms with Gasteiger partial charge in [-0.15, -0.1) is 11.3 Å². The first-order chi connectivity index (χ1) is 12.3. The first kappa shape index (κ1) is 17.1. The van der Waals surface area contributed by atoms with Crippen molar-refractivity contribution in [2.24, 2.45) is 0 Å². The zero-order valence-corrected chi connectivity index (χ0v) is 14.7. The zero-order valence-electron chi connectivity index (χ0n) is 13.9. The molecular weight excluding hydrogens is 338 g/mol. The molecule has 25 heavy (non-hydrogen) atoms. The van der Waals surface area contributed by atoms with Crippen LogP contribution in [0.1, 0.15) is 10.4 Å². The number of hydrogen-bond acceptors (Lipinski definition) is 5. The van der Waals surface area contributed by atoms with E-state index in [-0.39, 0.29) is 12.5 Å². The monoisotopic (exact) mass is 357 g/mol. The number of hydrogen-bond donors (Lipinski definition) is 0. The van der Waals surface area contributed by atoms with Crippen LogP contribution >= 0.6 is 11.3 Å². The molecule has 2 heterocycles. The molecule has 1 aromatic carbocycles. The number of furan rings is 1. The summed E-state index contributed by atoms with van der Waals surface area (Å²) in [6.07, 6.45) is 3.25. The fourth-order valence-electron chi connectivity index (χ4n) is 2.39. The largest absolute Gasteiger partial charge is 0.493 e. The molecular formula is C19H19NO4S. The summed E-state index contributed by atoms with van der Waals surface area (Å²) >= 11 is 1.62. The maximum atomic E-state index is 12.7. The summed E-state index contributed by atoms with van der Waals surface area (Å²) in [5, 5.41) is 2.00. The minimum atomic E-state index is -0.0968. The second-order valence-corrected chi connectivity index (χ2v) is 6.43. The van der Waals surface area contributed by atoms with Gasteiger partial charge in [-0.3, -0.25) is 4.79 Å². The smallest absolute Gasteiger partial charge is 0.261 e. The number of para-hydroxylation sites is 2. The summed E-state index contributed by atoms with van der Waals surface area (Å²) in [5.41, 5.74) is 0.946. The third kappa shape index (κ3) is 4.64. The highest BCUT2D eigenvalue weighted by molar-refractivity contribution is 7.09. The summed E-state index contributed by atoms with van der Waals surface area (Å²) < 4.78 is 16.0. The molecule has 3 rings (SSSR count). The van der Waals surface area contributed by atoms with Crippen molar-refractivity contribution in [2.75, 3.05) is 13.7 Å². The van der Waals surface area contributed by atoms with E-state index in [1.165, 1.54) is 0 Å². The Morgan fingerprint density at radius 2 is 1.96 bits per heavy atom. The maximum absolute atomic E-state index is 12.7. The van der Waals surface area contributed by atoms with E-state index in [0.29, 0.717) is 24.6 Å². The van der Waals surface area contributed by atoms with Gasteiger partial charge in [0.1, 0.15) is 0 Å². The van der Waals surface area contributed by atoms with Crippen molar-refractivity contribution >= 4 is 17.2 Å². The summed E-state index contributed by atoms with van der Waals surface area (Å²) in [6.45, 7) is 0.961. The van der Waals surface area contributed by atoms with Crippen molar-refractivity contribution in [2.45, 2.75) is 13.1 Å². The van der Waals surface area contributed by atoms with E-state index in [0.717, 1.165) is 10.4 Å². The minimum Gasteiger partial charge on any atom is -0.493 e. The van der Waals surface area contributed by atoms with Crippen molar-refractivity contribution in [1.82, 2.24) is 4.90 Å². The van der Waals surface area contributed by atoms with E-state index in [1.807, 2.05) is 35.7 Å². The van der Waals surface area contributed by atoms with Crippen LogP contribution in [0.2, 0.25) is 0 Å². The van der Waals surface area contributed by atoms with E-state index in [2.05, 4.69) is 0 Å². The molecule has 1 amide bonds. The molecule has 5 nitrogen and oxygen atoms in total. The molecule has 130 valence electrons. The summed E-state index contributed by atoms with van der Waals surface area (Å²) in [4.78, 5) is 15.6. The van der Waals surface area contributed by atoms with Crippen molar-refractivity contribution in [3.63, 3.8) is 0 Å². The molecule has 0 aliphatic rings. The molecule has 0 N–H and O–H groups in total. The molecule has 0 aliphatic heterocycles. The average molecular weight is 357 g/mol. The van der Waals surface area contributed by atoms with Gasteiger partial charge in [0.05, 0.1) is 26.2 Å². The fourth-order valence-corrected chi connectivity index (χ4v) is 3.11. The van der Waals surface area contributed by atoms with Crippen molar-refractivity contribution in [3.05, 3.63) is 70.8 Å². The average Bonchev–Trinajstić information content (AvgIpc) is 3.33. The van der Waals surface area contributed by atoms with Gasteiger partial charge in [-0.05, 0) is 29.6 Å². The molecule has 0 bridgehead atoms. The number of ether oxygens (including phenoxy) is 2. The van der Waals surface area contributed by atoms with Gasteiger partial charge in [-0.25, -0.2) is 0 Å². The molecule has 0 spiro atoms. The van der Waals surface area contributed by atoms with Gasteiger partial charge in [0, 0.05) is 17.0 Å². The summed E-state index contributed by atoms with van der Waals surface area (Å²) in [7, 11) is 1.58. The van der Waals surface area contributed by atoms with Crippen LogP contribution in [0.25, 0.3) is 0 Å². The molecule has 0 radical (unpaired) electrons. The van der Waals surface area contributed by atoms with Gasteiger partial charge in [-0.1, -0.05) is 18.2 Å². The first-order valence-electron chi connectivity index (χ1n) is 7.83. The van der Waals surface area contributed by atoms with Gasteiger partial charge in [0.2, 0.25) is 0 Å². The van der Waals surface area contributed by atoms with E-state index in [4.69, 9.17) is 13.9 Å². The number of methoxy groups -OCH3 is 1. The van der Waals surface area contributed by atoms with Crippen LogP contribution in [-0.4, -0.2) is 24.5 Å². The van der Waals surface area contributed by atoms with E-state index >= 15 is 0 Å². The van der Waals surface area contributed by atoms with Crippen LogP contribution in [-0.2, 0) is 17.9 Å². The van der Waals surface area contributed by atoms with Crippen molar-refractivity contribution < 1.29 is 18.7 Å². The minimum absolute atomic E-state index is 0.0520. The van der Waals surface area contributed by atoms with Crippen LogP contribution in [0.4, 0.5) is 0 Å². The highest BCUT2D eigenvalue weighted by Crippen LogP contribution is 2.26. The Morgan fingerprint density at radius 1 is 1.12 bits per heavy atom. The lowest BCUT2D eigenvalue weighted by Gasteiger charge is -2.22. The van der Waals surface area contributed by atoms with Gasteiger partial charge >= 0.3 is 0 Å². The number of thiophene rings is 1. The second-order valence-electron chi connectivity index (χ2n) is 5.40. The third-order valence-electron chi connectivity index (χ3n) is 3.65. The number of rotatable bonds is 8. The Balaban J connectivity index is 1.67. The number of amides is 1. The predicted molar refractivity (Wildman–Crippen MR) is 95.8 cm³/mol. The molecule has 6 heteroatoms. The van der Waals surface area contributed by atoms with Crippen molar-refractivity contribution in [1.29, 1.82) is 0 Å². The molecule has 2 aromatic heterocycles. The van der Waals surface area contributed by atoms with E-state index < -0.39 is 0 Å². The normalized spacial score (nSPS) is 10.4. The molecule has 0 saturated heterocycles. The third-order valence-corrected chi connectivity index (χ3v) is 4.51. The molecule has 3 aromatic rings. The van der Waals surface area contributed by atoms with Crippen LogP contribution in [0.15, 0.2) is 64.8 Å². The van der Waals surface area contributed by atoms with Crippen LogP contribution in [0.5, 0.6) is 11.5 Å². The second kappa shape index (κ2) is 8.39. The van der Waals surface area contributed by atoms with Crippen LogP contribution < -0.4 is 9.47 Å². The van der Waals surface area contributed by atoms with Gasteiger partial charge in [-0.2, -0.15) is 0 Å². The van der Waals surface area contributed by atoms with Gasteiger partial charge in [0.15, 0.2) is 18.1 Å². The fraction of sp³-hybridized carbons (Fsp3) is 0.211. The van der Waals surface area contributed by atoms with Gasteiger partial charge in [0.25, 0.3) is 5.91 Å². The van der Waals surface area contributed by atoms with E-state index in [9.17, 15) is 4.79 Å². The predicted octanol–water partition coefficient (Wildman–Crippen LogP) is 3.96. The Morgan fingerprint density at radius 3 is 2.64 bits per heavy atom. The van der Waals surface area contributed by atoms with E-state index in [1.54, 1.807) is 48.0 Å². The number of carbonyl (C=O) groups excluding carboxylic acids is 1. The standard InChI is InChI=1S/C19H19NO4S/c1-22-17-6-2-3-7-18(17)24-14-19(21)20(11-15-8-9-23-13-15)12-16-5-4-10-25-16/h2-10,13H,11-12,14H2,1H3.